The lowest BCUT2D eigenvalue weighted by atomic mass is 10.4. The monoisotopic (exact) mass is 68.1 g/mol. The van der Waals surface area contributed by atoms with Crippen LogP contribution in [0.15, 0.2) is 0 Å². The van der Waals surface area contributed by atoms with E-state index in [-0.39, 0.29) is 0 Å². The minimum atomic E-state index is 0.801. The maximum absolute atomic E-state index is 3.19. The van der Waals surface area contributed by atoms with Crippen LogP contribution in [0.25, 0.3) is 0 Å². The van der Waals surface area contributed by atoms with E-state index < -0.39 is 0 Å². The van der Waals surface area contributed by atoms with Crippen LogP contribution in [0.5, 0.6) is 0 Å². The van der Waals surface area contributed by atoms with Gasteiger partial charge in [-0.1, -0.05) is 13.8 Å². The zero-order valence-corrected chi connectivity index (χ0v) is 3.65. The predicted octanol–water partition coefficient (Wildman–Crippen LogP) is 1.35. The van der Waals surface area contributed by atoms with E-state index in [0.717, 1.165) is 11.8 Å². The first-order valence-corrected chi connectivity index (χ1v) is 2.07. The third kappa shape index (κ3) is 0.444. The second-order valence-electron chi connectivity index (χ2n) is 1.74. The molecule has 0 N–H and O–H groups in total. The molecule has 1 fully saturated rings. The van der Waals surface area contributed by atoms with Gasteiger partial charge in [0, 0.05) is 0 Å². The Morgan fingerprint density at radius 2 is 1.40 bits per heavy atom. The first-order chi connectivity index (χ1) is 2.30. The summed E-state index contributed by atoms with van der Waals surface area (Å²) >= 11 is 0. The molecule has 0 amide bonds. The van der Waals surface area contributed by atoms with E-state index in [1.807, 2.05) is 0 Å². The van der Waals surface area contributed by atoms with Gasteiger partial charge in [0.05, 0.1) is 0 Å². The molecular formula is C5H8. The molecule has 0 saturated heterocycles. The van der Waals surface area contributed by atoms with Crippen LogP contribution in [0.2, 0.25) is 0 Å². The molecule has 0 aromatic rings. The summed E-state index contributed by atoms with van der Waals surface area (Å²) in [6.07, 6.45) is 3.19. The molecule has 0 spiro atoms. The van der Waals surface area contributed by atoms with Crippen LogP contribution in [0.4, 0.5) is 0 Å². The van der Waals surface area contributed by atoms with Gasteiger partial charge >= 0.3 is 0 Å². The van der Waals surface area contributed by atoms with Gasteiger partial charge in [-0.3, -0.25) is 0 Å². The molecule has 0 nitrogen and oxygen atoms in total. The summed E-state index contributed by atoms with van der Waals surface area (Å²) in [6.45, 7) is 4.37. The second kappa shape index (κ2) is 0.735. The summed E-state index contributed by atoms with van der Waals surface area (Å²) in [7, 11) is 0. The Balaban J connectivity index is 2.20. The van der Waals surface area contributed by atoms with Crippen LogP contribution in [0.1, 0.15) is 13.8 Å². The minimum Gasteiger partial charge on any atom is -0.0616 e. The van der Waals surface area contributed by atoms with Crippen molar-refractivity contribution in [3.8, 4) is 0 Å². The van der Waals surface area contributed by atoms with E-state index in [4.69, 9.17) is 0 Å². The molecule has 5 heavy (non-hydrogen) atoms. The van der Waals surface area contributed by atoms with E-state index >= 15 is 0 Å². The smallest absolute Gasteiger partial charge is 0.0106 e. The molecular weight excluding hydrogens is 60.1 g/mol. The molecule has 1 aliphatic carbocycles. The fourth-order valence-corrected chi connectivity index (χ4v) is 0.359. The molecule has 2 atom stereocenters. The van der Waals surface area contributed by atoms with Crippen LogP contribution in [-0.4, -0.2) is 0 Å². The highest BCUT2D eigenvalue weighted by Gasteiger charge is 2.27. The third-order valence-electron chi connectivity index (χ3n) is 1.17. The Hall–Kier alpha value is 0. The molecule has 0 bridgehead atoms. The van der Waals surface area contributed by atoms with Crippen molar-refractivity contribution in [2.75, 3.05) is 0 Å². The highest BCUT2D eigenvalue weighted by atomic mass is 14.3. The van der Waals surface area contributed by atoms with Crippen molar-refractivity contribution >= 4 is 0 Å². The summed E-state index contributed by atoms with van der Waals surface area (Å²) in [5, 5.41) is 0. The van der Waals surface area contributed by atoms with Gasteiger partial charge in [-0.15, -0.1) is 0 Å². The zero-order valence-electron chi connectivity index (χ0n) is 3.65. The molecule has 0 aliphatic heterocycles. The van der Waals surface area contributed by atoms with Gasteiger partial charge in [-0.2, -0.15) is 0 Å². The quantitative estimate of drug-likeness (QED) is 0.402. The average molecular weight is 68.1 g/mol. The van der Waals surface area contributed by atoms with Crippen molar-refractivity contribution in [1.29, 1.82) is 0 Å². The molecule has 0 aromatic carbocycles. The van der Waals surface area contributed by atoms with Crippen molar-refractivity contribution in [2.45, 2.75) is 13.8 Å². The summed E-state index contributed by atoms with van der Waals surface area (Å²) in [5.74, 6) is 1.60. The van der Waals surface area contributed by atoms with Crippen molar-refractivity contribution in [3.63, 3.8) is 0 Å². The molecule has 1 saturated carbocycles. The molecule has 1 aliphatic rings. The van der Waals surface area contributed by atoms with Gasteiger partial charge in [-0.25, -0.2) is 0 Å². The maximum Gasteiger partial charge on any atom is -0.0106 e. The molecule has 0 unspecified atom stereocenters. The SMILES string of the molecule is C[C@@H]1[C][C@@H]1C. The van der Waals surface area contributed by atoms with Gasteiger partial charge in [0.2, 0.25) is 0 Å². The lowest BCUT2D eigenvalue weighted by Crippen LogP contribution is -1.58. The number of rotatable bonds is 0. The largest absolute Gasteiger partial charge is 0.0616 e. The first-order valence-electron chi connectivity index (χ1n) is 2.07. The van der Waals surface area contributed by atoms with Gasteiger partial charge in [-0.05, 0) is 18.3 Å². The molecule has 1 rings (SSSR count). The molecule has 2 radical (unpaired) electrons. The summed E-state index contributed by atoms with van der Waals surface area (Å²) in [6, 6.07) is 0. The summed E-state index contributed by atoms with van der Waals surface area (Å²) < 4.78 is 0. The van der Waals surface area contributed by atoms with Crippen LogP contribution < -0.4 is 0 Å². The van der Waals surface area contributed by atoms with Crippen LogP contribution in [-0.2, 0) is 0 Å². The Morgan fingerprint density at radius 3 is 1.40 bits per heavy atom. The molecule has 28 valence electrons. The number of hydrogen-bond donors (Lipinski definition) is 0. The summed E-state index contributed by atoms with van der Waals surface area (Å²) in [5.41, 5.74) is 0. The Labute approximate surface area is 33.2 Å². The normalized spacial score (nSPS) is 49.2. The van der Waals surface area contributed by atoms with Crippen molar-refractivity contribution < 1.29 is 0 Å². The zero-order chi connectivity index (χ0) is 3.86. The van der Waals surface area contributed by atoms with Crippen molar-refractivity contribution in [2.24, 2.45) is 11.8 Å². The van der Waals surface area contributed by atoms with Gasteiger partial charge in [0.1, 0.15) is 0 Å². The first kappa shape index (κ1) is 3.20. The lowest BCUT2D eigenvalue weighted by molar-refractivity contribution is 0.834. The fourth-order valence-electron chi connectivity index (χ4n) is 0.359. The van der Waals surface area contributed by atoms with E-state index in [2.05, 4.69) is 20.3 Å². The maximum atomic E-state index is 3.19. The molecule has 0 heterocycles. The highest BCUT2D eigenvalue weighted by molar-refractivity contribution is 4.99. The third-order valence-corrected chi connectivity index (χ3v) is 1.17. The van der Waals surface area contributed by atoms with Crippen LogP contribution in [0, 0.1) is 18.3 Å². The van der Waals surface area contributed by atoms with Gasteiger partial charge in [0.15, 0.2) is 0 Å². The van der Waals surface area contributed by atoms with Crippen LogP contribution >= 0.6 is 0 Å². The topological polar surface area (TPSA) is 0 Å². The summed E-state index contributed by atoms with van der Waals surface area (Å²) in [4.78, 5) is 0. The van der Waals surface area contributed by atoms with Crippen molar-refractivity contribution in [3.05, 3.63) is 6.42 Å². The molecule has 0 heteroatoms. The van der Waals surface area contributed by atoms with Crippen LogP contribution in [0.3, 0.4) is 0 Å². The fraction of sp³-hybridized carbons (Fsp3) is 0.800. The predicted molar refractivity (Wildman–Crippen MR) is 21.6 cm³/mol. The number of hydrogen-bond acceptors (Lipinski definition) is 0. The van der Waals surface area contributed by atoms with E-state index in [1.54, 1.807) is 0 Å². The second-order valence-corrected chi connectivity index (χ2v) is 1.74. The minimum absolute atomic E-state index is 0.801. The van der Waals surface area contributed by atoms with E-state index in [0.29, 0.717) is 0 Å². The Kier molecular flexibility index (Phi) is 0.470. The lowest BCUT2D eigenvalue weighted by Gasteiger charge is -1.66. The Bertz CT molecular complexity index is 33.3. The van der Waals surface area contributed by atoms with Crippen molar-refractivity contribution in [1.82, 2.24) is 0 Å². The molecule has 0 aromatic heterocycles. The Morgan fingerprint density at radius 1 is 1.20 bits per heavy atom. The van der Waals surface area contributed by atoms with E-state index in [9.17, 15) is 0 Å². The standard InChI is InChI=1S/C5H8/c1-4-3-5(4)2/h4-5H,1-2H3/t4-,5+. The highest BCUT2D eigenvalue weighted by Crippen LogP contribution is 2.34. The van der Waals surface area contributed by atoms with Gasteiger partial charge < -0.3 is 0 Å². The van der Waals surface area contributed by atoms with E-state index in [1.165, 1.54) is 0 Å². The average Bonchev–Trinajstić information content (AvgIpc) is 1.79. The van der Waals surface area contributed by atoms with Gasteiger partial charge in [0.25, 0.3) is 0 Å².